The van der Waals surface area contributed by atoms with E-state index in [2.05, 4.69) is 17.2 Å². The number of rotatable bonds is 4. The Morgan fingerprint density at radius 1 is 1.26 bits per heavy atom. The molecule has 0 radical (unpaired) electrons. The molecule has 3 nitrogen and oxygen atoms in total. The number of amides is 1. The van der Waals surface area contributed by atoms with Crippen molar-refractivity contribution < 1.29 is 4.79 Å². The molecule has 0 unspecified atom stereocenters. The zero-order chi connectivity index (χ0) is 14.1. The molecule has 1 aromatic heterocycles. The fourth-order valence-corrected chi connectivity index (χ4v) is 1.71. The van der Waals surface area contributed by atoms with Gasteiger partial charge in [0.1, 0.15) is 0 Å². The second-order valence-corrected chi connectivity index (χ2v) is 4.06. The minimum Gasteiger partial charge on any atom is -0.326 e. The highest BCUT2D eigenvalue weighted by Crippen LogP contribution is 2.17. The van der Waals surface area contributed by atoms with Crippen LogP contribution in [0.5, 0.6) is 0 Å². The predicted octanol–water partition coefficient (Wildman–Crippen LogP) is 4.39. The summed E-state index contributed by atoms with van der Waals surface area (Å²) < 4.78 is 0. The molecule has 3 heteroatoms. The maximum atomic E-state index is 11.6. The average molecular weight is 258 g/mol. The molecule has 0 aliphatic rings. The summed E-state index contributed by atoms with van der Waals surface area (Å²) in [6, 6.07) is 9.69. The zero-order valence-electron chi connectivity index (χ0n) is 11.9. The summed E-state index contributed by atoms with van der Waals surface area (Å²) in [5.41, 5.74) is 1.72. The summed E-state index contributed by atoms with van der Waals surface area (Å²) >= 11 is 0. The number of fused-ring (bicyclic) bond motifs is 1. The lowest BCUT2D eigenvalue weighted by molar-refractivity contribution is -0.116. The van der Waals surface area contributed by atoms with Crippen LogP contribution >= 0.6 is 0 Å². The van der Waals surface area contributed by atoms with Crippen LogP contribution < -0.4 is 5.32 Å². The number of unbranched alkanes of at least 4 members (excludes halogenated alkanes) is 1. The number of carbonyl (C=O) groups is 1. The number of hydrogen-bond acceptors (Lipinski definition) is 2. The largest absolute Gasteiger partial charge is 0.326 e. The quantitative estimate of drug-likeness (QED) is 0.883. The lowest BCUT2D eigenvalue weighted by Crippen LogP contribution is -2.10. The Kier molecular flexibility index (Phi) is 6.58. The van der Waals surface area contributed by atoms with Crippen molar-refractivity contribution in [3.8, 4) is 0 Å². The molecule has 0 saturated heterocycles. The molecule has 102 valence electrons. The first kappa shape index (κ1) is 15.2. The average Bonchev–Trinajstić information content (AvgIpc) is 2.47. The van der Waals surface area contributed by atoms with Crippen LogP contribution in [-0.4, -0.2) is 10.9 Å². The van der Waals surface area contributed by atoms with E-state index in [0.29, 0.717) is 6.42 Å². The minimum absolute atomic E-state index is 0.0714. The SMILES string of the molecule is CC.CCCCC(=O)Nc1ccc2cccnc2c1. The molecule has 0 saturated carbocycles. The van der Waals surface area contributed by atoms with Gasteiger partial charge in [-0.1, -0.05) is 39.3 Å². The van der Waals surface area contributed by atoms with Gasteiger partial charge < -0.3 is 5.32 Å². The minimum atomic E-state index is 0.0714. The predicted molar refractivity (Wildman–Crippen MR) is 81.2 cm³/mol. The summed E-state index contributed by atoms with van der Waals surface area (Å²) in [7, 11) is 0. The number of pyridine rings is 1. The van der Waals surface area contributed by atoms with Gasteiger partial charge in [0.15, 0.2) is 0 Å². The van der Waals surface area contributed by atoms with E-state index in [9.17, 15) is 4.79 Å². The van der Waals surface area contributed by atoms with Gasteiger partial charge in [-0.2, -0.15) is 0 Å². The van der Waals surface area contributed by atoms with E-state index in [1.165, 1.54) is 0 Å². The molecule has 0 aliphatic heterocycles. The maximum Gasteiger partial charge on any atom is 0.224 e. The molecule has 1 N–H and O–H groups in total. The first-order valence-electron chi connectivity index (χ1n) is 6.94. The van der Waals surface area contributed by atoms with Gasteiger partial charge in [0.05, 0.1) is 5.52 Å². The van der Waals surface area contributed by atoms with Crippen LogP contribution in [0, 0.1) is 0 Å². The van der Waals surface area contributed by atoms with Crippen molar-refractivity contribution in [1.82, 2.24) is 4.98 Å². The fourth-order valence-electron chi connectivity index (χ4n) is 1.71. The Hall–Kier alpha value is -1.90. The molecule has 1 heterocycles. The summed E-state index contributed by atoms with van der Waals surface area (Å²) in [6.45, 7) is 6.08. The lowest BCUT2D eigenvalue weighted by atomic mass is 10.2. The topological polar surface area (TPSA) is 42.0 Å². The van der Waals surface area contributed by atoms with Crippen molar-refractivity contribution >= 4 is 22.5 Å². The molecule has 2 aromatic rings. The van der Waals surface area contributed by atoms with Gasteiger partial charge in [-0.3, -0.25) is 9.78 Å². The number of hydrogen-bond donors (Lipinski definition) is 1. The molecular weight excluding hydrogens is 236 g/mol. The van der Waals surface area contributed by atoms with Gasteiger partial charge in [0.25, 0.3) is 0 Å². The van der Waals surface area contributed by atoms with Crippen molar-refractivity contribution in [3.63, 3.8) is 0 Å². The van der Waals surface area contributed by atoms with Crippen molar-refractivity contribution in [2.45, 2.75) is 40.0 Å². The van der Waals surface area contributed by atoms with Crippen LogP contribution in [0.25, 0.3) is 10.9 Å². The van der Waals surface area contributed by atoms with E-state index >= 15 is 0 Å². The number of carbonyl (C=O) groups excluding carboxylic acids is 1. The van der Waals surface area contributed by atoms with Gasteiger partial charge in [-0.15, -0.1) is 0 Å². The number of aromatic nitrogens is 1. The van der Waals surface area contributed by atoms with Crippen LogP contribution in [0.4, 0.5) is 5.69 Å². The molecule has 0 aliphatic carbocycles. The highest BCUT2D eigenvalue weighted by Gasteiger charge is 2.02. The van der Waals surface area contributed by atoms with Gasteiger partial charge in [0, 0.05) is 23.7 Å². The van der Waals surface area contributed by atoms with E-state index in [1.807, 2.05) is 44.2 Å². The Balaban J connectivity index is 0.000000861. The summed E-state index contributed by atoms with van der Waals surface area (Å²) in [4.78, 5) is 15.8. The Morgan fingerprint density at radius 2 is 2.05 bits per heavy atom. The fraction of sp³-hybridized carbons (Fsp3) is 0.375. The second-order valence-electron chi connectivity index (χ2n) is 4.06. The number of benzene rings is 1. The maximum absolute atomic E-state index is 11.6. The van der Waals surface area contributed by atoms with E-state index in [1.54, 1.807) is 6.20 Å². The molecule has 0 fully saturated rings. The van der Waals surface area contributed by atoms with Crippen molar-refractivity contribution in [1.29, 1.82) is 0 Å². The molecule has 0 bridgehead atoms. The summed E-state index contributed by atoms with van der Waals surface area (Å²) in [5.74, 6) is 0.0714. The Labute approximate surface area is 115 Å². The molecule has 0 atom stereocenters. The first-order valence-corrected chi connectivity index (χ1v) is 6.94. The van der Waals surface area contributed by atoms with Crippen molar-refractivity contribution in [2.75, 3.05) is 5.32 Å². The monoisotopic (exact) mass is 258 g/mol. The van der Waals surface area contributed by atoms with Crippen LogP contribution in [0.15, 0.2) is 36.5 Å². The van der Waals surface area contributed by atoms with Gasteiger partial charge in [0.2, 0.25) is 5.91 Å². The molecule has 1 aromatic carbocycles. The highest BCUT2D eigenvalue weighted by molar-refractivity contribution is 5.93. The van der Waals surface area contributed by atoms with Crippen LogP contribution in [0.3, 0.4) is 0 Å². The van der Waals surface area contributed by atoms with Crippen LogP contribution in [0.1, 0.15) is 40.0 Å². The van der Waals surface area contributed by atoms with Gasteiger partial charge in [-0.25, -0.2) is 0 Å². The standard InChI is InChI=1S/C14H16N2O.C2H6/c1-2-3-6-14(17)16-12-8-7-11-5-4-9-15-13(11)10-12;1-2/h4-5,7-10H,2-3,6H2,1H3,(H,16,17);1-2H3. The third kappa shape index (κ3) is 4.70. The normalized spacial score (nSPS) is 9.63. The molecular formula is C16H22N2O. The molecule has 1 amide bonds. The molecule has 19 heavy (non-hydrogen) atoms. The third-order valence-electron chi connectivity index (χ3n) is 2.65. The number of anilines is 1. The molecule has 0 spiro atoms. The van der Waals surface area contributed by atoms with Crippen molar-refractivity contribution in [3.05, 3.63) is 36.5 Å². The summed E-state index contributed by atoms with van der Waals surface area (Å²) in [5, 5.41) is 3.97. The number of nitrogens with zero attached hydrogens (tertiary/aromatic N) is 1. The van der Waals surface area contributed by atoms with Crippen LogP contribution in [-0.2, 0) is 4.79 Å². The third-order valence-corrected chi connectivity index (χ3v) is 2.65. The first-order chi connectivity index (χ1) is 9.29. The zero-order valence-corrected chi connectivity index (χ0v) is 11.9. The Morgan fingerprint density at radius 3 is 2.79 bits per heavy atom. The highest BCUT2D eigenvalue weighted by atomic mass is 16.1. The lowest BCUT2D eigenvalue weighted by Gasteiger charge is -2.05. The Bertz CT molecular complexity index is 523. The van der Waals surface area contributed by atoms with E-state index in [4.69, 9.17) is 0 Å². The number of nitrogens with one attached hydrogen (secondary N) is 1. The second kappa shape index (κ2) is 8.25. The van der Waals surface area contributed by atoms with Gasteiger partial charge in [-0.05, 0) is 24.6 Å². The van der Waals surface area contributed by atoms with Gasteiger partial charge >= 0.3 is 0 Å². The summed E-state index contributed by atoms with van der Waals surface area (Å²) in [6.07, 6.45) is 4.30. The van der Waals surface area contributed by atoms with E-state index in [-0.39, 0.29) is 5.91 Å². The smallest absolute Gasteiger partial charge is 0.224 e. The van der Waals surface area contributed by atoms with E-state index in [0.717, 1.165) is 29.4 Å². The van der Waals surface area contributed by atoms with Crippen molar-refractivity contribution in [2.24, 2.45) is 0 Å². The van der Waals surface area contributed by atoms with E-state index < -0.39 is 0 Å². The van der Waals surface area contributed by atoms with Crippen LogP contribution in [0.2, 0.25) is 0 Å². The molecule has 2 rings (SSSR count).